The molecule has 4 nitrogen and oxygen atoms in total. The third-order valence-corrected chi connectivity index (χ3v) is 4.02. The van der Waals surface area contributed by atoms with E-state index in [1.807, 2.05) is 26.2 Å². The van der Waals surface area contributed by atoms with Crippen LogP contribution >= 0.6 is 0 Å². The molecule has 0 saturated carbocycles. The van der Waals surface area contributed by atoms with Crippen LogP contribution < -0.4 is 0 Å². The molecule has 19 heavy (non-hydrogen) atoms. The number of likely N-dealkylation sites (tertiary alicyclic amines) is 1. The Bertz CT molecular complexity index is 459. The number of hydrogen-bond acceptors (Lipinski definition) is 2. The number of benzene rings is 1. The lowest BCUT2D eigenvalue weighted by molar-refractivity contribution is 0.0591. The van der Waals surface area contributed by atoms with Crippen LogP contribution in [0.1, 0.15) is 30.0 Å². The van der Waals surface area contributed by atoms with E-state index in [9.17, 15) is 9.90 Å². The number of piperidine rings is 1. The minimum Gasteiger partial charge on any atom is -0.465 e. The van der Waals surface area contributed by atoms with Crippen molar-refractivity contribution in [3.05, 3.63) is 35.4 Å². The summed E-state index contributed by atoms with van der Waals surface area (Å²) < 4.78 is 0. The Kier molecular flexibility index (Phi) is 4.10. The quantitative estimate of drug-likeness (QED) is 0.891. The summed E-state index contributed by atoms with van der Waals surface area (Å²) in [5.41, 5.74) is 2.29. The second-order valence-electron chi connectivity index (χ2n) is 5.45. The van der Waals surface area contributed by atoms with Crippen molar-refractivity contribution in [2.45, 2.75) is 31.8 Å². The Morgan fingerprint density at radius 1 is 1.37 bits per heavy atom. The van der Waals surface area contributed by atoms with Crippen LogP contribution in [0.3, 0.4) is 0 Å². The molecule has 1 aromatic carbocycles. The van der Waals surface area contributed by atoms with Gasteiger partial charge >= 0.3 is 6.09 Å². The van der Waals surface area contributed by atoms with Gasteiger partial charge in [0.15, 0.2) is 0 Å². The van der Waals surface area contributed by atoms with Crippen molar-refractivity contribution in [3.63, 3.8) is 0 Å². The first kappa shape index (κ1) is 13.9. The van der Waals surface area contributed by atoms with Crippen molar-refractivity contribution in [1.82, 2.24) is 9.80 Å². The molecule has 0 aromatic heterocycles. The molecular formula is C15H22N2O2. The lowest BCUT2D eigenvalue weighted by Gasteiger charge is -2.43. The van der Waals surface area contributed by atoms with Crippen molar-refractivity contribution in [2.75, 3.05) is 20.6 Å². The van der Waals surface area contributed by atoms with Gasteiger partial charge in [-0.15, -0.1) is 0 Å². The number of nitrogens with zero attached hydrogens (tertiary/aromatic N) is 2. The number of carbonyl (C=O) groups is 1. The summed E-state index contributed by atoms with van der Waals surface area (Å²) in [6.07, 6.45) is 1.15. The van der Waals surface area contributed by atoms with Crippen LogP contribution in [-0.4, -0.2) is 47.7 Å². The van der Waals surface area contributed by atoms with Gasteiger partial charge in [-0.05, 0) is 45.0 Å². The predicted molar refractivity (Wildman–Crippen MR) is 75.4 cm³/mol. The molecule has 0 radical (unpaired) electrons. The topological polar surface area (TPSA) is 43.8 Å². The van der Waals surface area contributed by atoms with Gasteiger partial charge in [-0.2, -0.15) is 0 Å². The van der Waals surface area contributed by atoms with E-state index in [1.165, 1.54) is 0 Å². The molecule has 2 unspecified atom stereocenters. The third-order valence-electron chi connectivity index (χ3n) is 4.02. The molecule has 0 spiro atoms. The van der Waals surface area contributed by atoms with E-state index in [-0.39, 0.29) is 12.1 Å². The SMILES string of the molecule is Cc1ccccc1C1C(N(C)C)CCCN1C(=O)O. The first-order valence-electron chi connectivity index (χ1n) is 6.74. The van der Waals surface area contributed by atoms with Gasteiger partial charge in [0.05, 0.1) is 6.04 Å². The van der Waals surface area contributed by atoms with E-state index in [2.05, 4.69) is 24.0 Å². The average Bonchev–Trinajstić information content (AvgIpc) is 2.38. The fourth-order valence-corrected chi connectivity index (χ4v) is 3.02. The molecule has 1 fully saturated rings. The fraction of sp³-hybridized carbons (Fsp3) is 0.533. The lowest BCUT2D eigenvalue weighted by Crippen LogP contribution is -2.49. The van der Waals surface area contributed by atoms with Gasteiger partial charge in [-0.25, -0.2) is 4.79 Å². The molecule has 0 bridgehead atoms. The Morgan fingerprint density at radius 2 is 2.05 bits per heavy atom. The molecule has 1 N–H and O–H groups in total. The molecule has 0 aliphatic carbocycles. The van der Waals surface area contributed by atoms with Crippen LogP contribution in [-0.2, 0) is 0 Å². The summed E-state index contributed by atoms with van der Waals surface area (Å²) >= 11 is 0. The summed E-state index contributed by atoms with van der Waals surface area (Å²) in [5.74, 6) is 0. The number of rotatable bonds is 2. The monoisotopic (exact) mass is 262 g/mol. The summed E-state index contributed by atoms with van der Waals surface area (Å²) in [6, 6.07) is 8.27. The molecule has 1 saturated heterocycles. The number of likely N-dealkylation sites (N-methyl/N-ethyl adjacent to an activating group) is 1. The summed E-state index contributed by atoms with van der Waals surface area (Å²) in [5, 5.41) is 9.47. The highest BCUT2D eigenvalue weighted by molar-refractivity contribution is 5.66. The van der Waals surface area contributed by atoms with Gasteiger partial charge < -0.3 is 10.0 Å². The zero-order valence-corrected chi connectivity index (χ0v) is 11.8. The maximum absolute atomic E-state index is 11.5. The molecular weight excluding hydrogens is 240 g/mol. The molecule has 2 rings (SSSR count). The van der Waals surface area contributed by atoms with Gasteiger partial charge in [0.2, 0.25) is 0 Å². The summed E-state index contributed by atoms with van der Waals surface area (Å²) in [7, 11) is 4.06. The first-order chi connectivity index (χ1) is 9.02. The molecule has 104 valence electrons. The van der Waals surface area contributed by atoms with E-state index >= 15 is 0 Å². The van der Waals surface area contributed by atoms with E-state index in [0.29, 0.717) is 6.54 Å². The zero-order chi connectivity index (χ0) is 14.0. The van der Waals surface area contributed by atoms with Crippen LogP contribution in [0, 0.1) is 6.92 Å². The number of carboxylic acid groups (broad SMARTS) is 1. The molecule has 2 atom stereocenters. The van der Waals surface area contributed by atoms with Crippen LogP contribution in [0.4, 0.5) is 4.79 Å². The minimum atomic E-state index is -0.820. The predicted octanol–water partition coefficient (Wildman–Crippen LogP) is 2.74. The Morgan fingerprint density at radius 3 is 2.63 bits per heavy atom. The molecule has 1 amide bonds. The van der Waals surface area contributed by atoms with Crippen molar-refractivity contribution >= 4 is 6.09 Å². The van der Waals surface area contributed by atoms with Gasteiger partial charge in [-0.3, -0.25) is 4.90 Å². The van der Waals surface area contributed by atoms with E-state index in [1.54, 1.807) is 4.90 Å². The maximum Gasteiger partial charge on any atom is 0.407 e. The Hall–Kier alpha value is -1.55. The second kappa shape index (κ2) is 5.61. The fourth-order valence-electron chi connectivity index (χ4n) is 3.02. The highest BCUT2D eigenvalue weighted by atomic mass is 16.4. The van der Waals surface area contributed by atoms with Gasteiger partial charge in [-0.1, -0.05) is 24.3 Å². The first-order valence-corrected chi connectivity index (χ1v) is 6.74. The number of hydrogen-bond donors (Lipinski definition) is 1. The molecule has 1 aliphatic heterocycles. The minimum absolute atomic E-state index is 0.0672. The van der Waals surface area contributed by atoms with E-state index < -0.39 is 6.09 Å². The van der Waals surface area contributed by atoms with Gasteiger partial charge in [0.1, 0.15) is 0 Å². The van der Waals surface area contributed by atoms with Crippen molar-refractivity contribution < 1.29 is 9.90 Å². The summed E-state index contributed by atoms with van der Waals surface area (Å²) in [6.45, 7) is 2.68. The number of amides is 1. The van der Waals surface area contributed by atoms with Crippen LogP contribution in [0.5, 0.6) is 0 Å². The van der Waals surface area contributed by atoms with Crippen LogP contribution in [0.25, 0.3) is 0 Å². The van der Waals surface area contributed by atoms with Crippen molar-refractivity contribution in [2.24, 2.45) is 0 Å². The normalized spacial score (nSPS) is 23.7. The summed E-state index contributed by atoms with van der Waals surface area (Å²) in [4.78, 5) is 15.3. The number of aryl methyl sites for hydroxylation is 1. The van der Waals surface area contributed by atoms with Crippen LogP contribution in [0.15, 0.2) is 24.3 Å². The average molecular weight is 262 g/mol. The van der Waals surface area contributed by atoms with Crippen molar-refractivity contribution in [1.29, 1.82) is 0 Å². The maximum atomic E-state index is 11.5. The van der Waals surface area contributed by atoms with E-state index in [0.717, 1.165) is 24.0 Å². The Labute approximate surface area is 114 Å². The third kappa shape index (κ3) is 2.73. The molecule has 4 heteroatoms. The standard InChI is InChI=1S/C15H22N2O2/c1-11-7-4-5-8-12(11)14-13(16(2)3)9-6-10-17(14)15(18)19/h4-5,7-8,13-14H,6,9-10H2,1-3H3,(H,18,19). The van der Waals surface area contributed by atoms with Gasteiger partial charge in [0.25, 0.3) is 0 Å². The van der Waals surface area contributed by atoms with Crippen LogP contribution in [0.2, 0.25) is 0 Å². The zero-order valence-electron chi connectivity index (χ0n) is 11.8. The smallest absolute Gasteiger partial charge is 0.407 e. The Balaban J connectivity index is 2.43. The molecule has 1 heterocycles. The highest BCUT2D eigenvalue weighted by Gasteiger charge is 2.37. The molecule has 1 aromatic rings. The second-order valence-corrected chi connectivity index (χ2v) is 5.45. The van der Waals surface area contributed by atoms with Gasteiger partial charge in [0, 0.05) is 12.6 Å². The molecule has 1 aliphatic rings. The largest absolute Gasteiger partial charge is 0.465 e. The highest BCUT2D eigenvalue weighted by Crippen LogP contribution is 2.35. The lowest BCUT2D eigenvalue weighted by atomic mass is 9.87. The van der Waals surface area contributed by atoms with E-state index in [4.69, 9.17) is 0 Å². The van der Waals surface area contributed by atoms with Crippen molar-refractivity contribution in [3.8, 4) is 0 Å².